The molecule has 0 aliphatic rings. The Balaban J connectivity index is 2.36. The van der Waals surface area contributed by atoms with Crippen molar-refractivity contribution in [1.82, 2.24) is 0 Å². The molecule has 0 radical (unpaired) electrons. The van der Waals surface area contributed by atoms with Gasteiger partial charge < -0.3 is 14.9 Å². The number of carboxylic acids is 2. The fourth-order valence-electron chi connectivity index (χ4n) is 2.90. The molecular formula is C21H20O6. The van der Waals surface area contributed by atoms with E-state index < -0.39 is 29.7 Å². The number of benzene rings is 2. The summed E-state index contributed by atoms with van der Waals surface area (Å²) in [6.45, 7) is 3.04. The Morgan fingerprint density at radius 1 is 0.963 bits per heavy atom. The van der Waals surface area contributed by atoms with Crippen LogP contribution in [0.2, 0.25) is 0 Å². The van der Waals surface area contributed by atoms with Crippen molar-refractivity contribution >= 4 is 17.9 Å². The first kappa shape index (κ1) is 19.9. The third-order valence-corrected chi connectivity index (χ3v) is 4.35. The molecule has 0 aliphatic heterocycles. The predicted molar refractivity (Wildman–Crippen MR) is 99.2 cm³/mol. The SMILES string of the molecule is C=CC(=O)OCCC(CC(=O)O)(C(=O)O)c1ccc(-c2ccccc2)cc1. The summed E-state index contributed by atoms with van der Waals surface area (Å²) < 4.78 is 4.88. The number of ether oxygens (including phenoxy) is 1. The first-order chi connectivity index (χ1) is 12.9. The number of carboxylic acid groups (broad SMARTS) is 2. The van der Waals surface area contributed by atoms with Gasteiger partial charge in [0.2, 0.25) is 0 Å². The summed E-state index contributed by atoms with van der Waals surface area (Å²) in [6.07, 6.45) is 0.172. The zero-order valence-electron chi connectivity index (χ0n) is 14.6. The molecule has 0 heterocycles. The van der Waals surface area contributed by atoms with Crippen molar-refractivity contribution in [2.75, 3.05) is 6.61 Å². The van der Waals surface area contributed by atoms with Gasteiger partial charge in [0.1, 0.15) is 5.41 Å². The molecule has 27 heavy (non-hydrogen) atoms. The van der Waals surface area contributed by atoms with E-state index in [2.05, 4.69) is 6.58 Å². The lowest BCUT2D eigenvalue weighted by molar-refractivity contribution is -0.152. The molecule has 0 fully saturated rings. The van der Waals surface area contributed by atoms with Crippen molar-refractivity contribution in [3.63, 3.8) is 0 Å². The Morgan fingerprint density at radius 3 is 2.07 bits per heavy atom. The molecule has 0 aliphatic carbocycles. The van der Waals surface area contributed by atoms with Crippen molar-refractivity contribution in [2.24, 2.45) is 0 Å². The van der Waals surface area contributed by atoms with E-state index in [0.29, 0.717) is 5.56 Å². The van der Waals surface area contributed by atoms with E-state index in [1.807, 2.05) is 30.3 Å². The first-order valence-corrected chi connectivity index (χ1v) is 8.29. The minimum absolute atomic E-state index is 0.168. The van der Waals surface area contributed by atoms with Crippen molar-refractivity contribution in [2.45, 2.75) is 18.3 Å². The molecule has 140 valence electrons. The van der Waals surface area contributed by atoms with Gasteiger partial charge in [0.05, 0.1) is 13.0 Å². The van der Waals surface area contributed by atoms with Gasteiger partial charge in [0.15, 0.2) is 0 Å². The molecular weight excluding hydrogens is 348 g/mol. The van der Waals surface area contributed by atoms with Gasteiger partial charge in [-0.05, 0) is 16.7 Å². The van der Waals surface area contributed by atoms with Crippen molar-refractivity contribution in [1.29, 1.82) is 0 Å². The second-order valence-electron chi connectivity index (χ2n) is 6.02. The van der Waals surface area contributed by atoms with Gasteiger partial charge in [-0.15, -0.1) is 0 Å². The normalized spacial score (nSPS) is 12.6. The molecule has 2 rings (SSSR count). The van der Waals surface area contributed by atoms with Crippen molar-refractivity contribution in [3.05, 3.63) is 72.8 Å². The highest BCUT2D eigenvalue weighted by Gasteiger charge is 2.42. The molecule has 0 aromatic heterocycles. The van der Waals surface area contributed by atoms with Gasteiger partial charge in [0, 0.05) is 12.5 Å². The Morgan fingerprint density at radius 2 is 1.56 bits per heavy atom. The minimum atomic E-state index is -1.71. The molecule has 0 spiro atoms. The van der Waals surface area contributed by atoms with Crippen molar-refractivity contribution in [3.8, 4) is 11.1 Å². The average Bonchev–Trinajstić information content (AvgIpc) is 2.67. The maximum absolute atomic E-state index is 12.0. The zero-order valence-corrected chi connectivity index (χ0v) is 14.6. The maximum atomic E-state index is 12.0. The van der Waals surface area contributed by atoms with Crippen LogP contribution < -0.4 is 0 Å². The highest BCUT2D eigenvalue weighted by molar-refractivity contribution is 5.87. The van der Waals surface area contributed by atoms with Gasteiger partial charge >= 0.3 is 17.9 Å². The Hall–Kier alpha value is -3.41. The van der Waals surface area contributed by atoms with Crippen molar-refractivity contribution < 1.29 is 29.3 Å². The van der Waals surface area contributed by atoms with Crippen LogP contribution in [0.15, 0.2) is 67.3 Å². The van der Waals surface area contributed by atoms with E-state index in [0.717, 1.165) is 17.2 Å². The Kier molecular flexibility index (Phi) is 6.49. The van der Waals surface area contributed by atoms with Crippen LogP contribution in [-0.4, -0.2) is 34.7 Å². The molecule has 0 bridgehead atoms. The lowest BCUT2D eigenvalue weighted by Crippen LogP contribution is -2.39. The summed E-state index contributed by atoms with van der Waals surface area (Å²) in [5, 5.41) is 19.1. The number of rotatable bonds is 9. The molecule has 1 atom stereocenters. The monoisotopic (exact) mass is 368 g/mol. The average molecular weight is 368 g/mol. The molecule has 6 nitrogen and oxygen atoms in total. The summed E-state index contributed by atoms with van der Waals surface area (Å²) >= 11 is 0. The number of hydrogen-bond donors (Lipinski definition) is 2. The lowest BCUT2D eigenvalue weighted by atomic mass is 9.74. The highest BCUT2D eigenvalue weighted by Crippen LogP contribution is 2.34. The van der Waals surface area contributed by atoms with E-state index >= 15 is 0 Å². The van der Waals surface area contributed by atoms with E-state index in [1.54, 1.807) is 24.3 Å². The highest BCUT2D eigenvalue weighted by atomic mass is 16.5. The fourth-order valence-corrected chi connectivity index (χ4v) is 2.90. The van der Waals surface area contributed by atoms with E-state index in [-0.39, 0.29) is 13.0 Å². The largest absolute Gasteiger partial charge is 0.481 e. The molecule has 0 saturated heterocycles. The number of hydrogen-bond acceptors (Lipinski definition) is 4. The molecule has 1 unspecified atom stereocenters. The van der Waals surface area contributed by atoms with Crippen LogP contribution in [0.4, 0.5) is 0 Å². The molecule has 0 amide bonds. The van der Waals surface area contributed by atoms with E-state index in [1.165, 1.54) is 0 Å². The van der Waals surface area contributed by atoms with E-state index in [4.69, 9.17) is 4.74 Å². The predicted octanol–water partition coefficient (Wildman–Crippen LogP) is 3.27. The third-order valence-electron chi connectivity index (χ3n) is 4.35. The van der Waals surface area contributed by atoms with Gasteiger partial charge in [-0.2, -0.15) is 0 Å². The molecule has 2 aromatic rings. The first-order valence-electron chi connectivity index (χ1n) is 8.29. The van der Waals surface area contributed by atoms with Gasteiger partial charge in [0.25, 0.3) is 0 Å². The fraction of sp³-hybridized carbons (Fsp3) is 0.190. The Bertz CT molecular complexity index is 826. The maximum Gasteiger partial charge on any atom is 0.330 e. The third kappa shape index (κ3) is 4.82. The van der Waals surface area contributed by atoms with Crippen LogP contribution in [0.5, 0.6) is 0 Å². The second kappa shape index (κ2) is 8.80. The van der Waals surface area contributed by atoms with Gasteiger partial charge in [-0.1, -0.05) is 61.2 Å². The summed E-state index contributed by atoms with van der Waals surface area (Å²) in [5.74, 6) is -3.23. The summed E-state index contributed by atoms with van der Waals surface area (Å²) in [7, 11) is 0. The van der Waals surface area contributed by atoms with Crippen LogP contribution in [0.1, 0.15) is 18.4 Å². The minimum Gasteiger partial charge on any atom is -0.481 e. The number of esters is 1. The quantitative estimate of drug-likeness (QED) is 0.520. The van der Waals surface area contributed by atoms with Crippen LogP contribution in [-0.2, 0) is 24.5 Å². The van der Waals surface area contributed by atoms with Crippen LogP contribution >= 0.6 is 0 Å². The number of aliphatic carboxylic acids is 2. The second-order valence-corrected chi connectivity index (χ2v) is 6.02. The summed E-state index contributed by atoms with van der Waals surface area (Å²) in [4.78, 5) is 34.6. The molecule has 6 heteroatoms. The summed E-state index contributed by atoms with van der Waals surface area (Å²) in [6, 6.07) is 16.2. The Labute approximate surface area is 156 Å². The number of carbonyl (C=O) groups is 3. The lowest BCUT2D eigenvalue weighted by Gasteiger charge is -2.28. The van der Waals surface area contributed by atoms with E-state index in [9.17, 15) is 24.6 Å². The smallest absolute Gasteiger partial charge is 0.330 e. The van der Waals surface area contributed by atoms with Gasteiger partial charge in [-0.25, -0.2) is 4.79 Å². The summed E-state index contributed by atoms with van der Waals surface area (Å²) in [5.41, 5.74) is 0.476. The molecule has 2 aromatic carbocycles. The topological polar surface area (TPSA) is 101 Å². The zero-order chi connectivity index (χ0) is 19.9. The van der Waals surface area contributed by atoms with Gasteiger partial charge in [-0.3, -0.25) is 9.59 Å². The standard InChI is InChI=1S/C21H20O6/c1-2-19(24)27-13-12-21(20(25)26,14-18(22)23)17-10-8-16(9-11-17)15-6-4-3-5-7-15/h2-11H,1,12-14H2,(H,22,23)(H,25,26). The number of carbonyl (C=O) groups excluding carboxylic acids is 1. The molecule has 0 saturated carbocycles. The van der Waals surface area contributed by atoms with Crippen LogP contribution in [0.3, 0.4) is 0 Å². The molecule has 2 N–H and O–H groups in total. The van der Waals surface area contributed by atoms with Crippen LogP contribution in [0.25, 0.3) is 11.1 Å². The van der Waals surface area contributed by atoms with Crippen LogP contribution in [0, 0.1) is 0 Å².